The Hall–Kier alpha value is -1.47. The summed E-state index contributed by atoms with van der Waals surface area (Å²) in [6, 6.07) is 0. The third kappa shape index (κ3) is 6.08. The molecule has 0 saturated heterocycles. The fourth-order valence-electron chi connectivity index (χ4n) is 1.61. The summed E-state index contributed by atoms with van der Waals surface area (Å²) in [5.41, 5.74) is 0. The predicted molar refractivity (Wildman–Crippen MR) is 75.1 cm³/mol. The summed E-state index contributed by atoms with van der Waals surface area (Å²) in [6.07, 6.45) is 0. The number of rotatable bonds is 11. The standard InChI is InChI=1S/C13H16F4O7S/c1-21-2-3-22-4-5-23-6-7-24-12-8(14)10(16)13(25(18,19)20)11(17)9(12)15/h2-7H2,1H3,(H,18,19,20). The van der Waals surface area contributed by atoms with Crippen LogP contribution in [0.4, 0.5) is 17.6 Å². The summed E-state index contributed by atoms with van der Waals surface area (Å²) in [6.45, 7) is 0.441. The van der Waals surface area contributed by atoms with Crippen LogP contribution in [0.25, 0.3) is 0 Å². The first-order chi connectivity index (χ1) is 11.7. The van der Waals surface area contributed by atoms with Gasteiger partial charge in [0.2, 0.25) is 11.6 Å². The van der Waals surface area contributed by atoms with E-state index in [1.54, 1.807) is 0 Å². The summed E-state index contributed by atoms with van der Waals surface area (Å²) in [4.78, 5) is -2.13. The smallest absolute Gasteiger partial charge is 0.300 e. The van der Waals surface area contributed by atoms with E-state index in [1.807, 2.05) is 0 Å². The zero-order valence-corrected chi connectivity index (χ0v) is 13.9. The molecule has 0 atom stereocenters. The molecule has 0 aliphatic rings. The quantitative estimate of drug-likeness (QED) is 0.264. The average molecular weight is 392 g/mol. The van der Waals surface area contributed by atoms with Crippen molar-refractivity contribution in [3.63, 3.8) is 0 Å². The number of benzene rings is 1. The molecule has 0 aliphatic heterocycles. The summed E-state index contributed by atoms with van der Waals surface area (Å²) in [7, 11) is -4.00. The summed E-state index contributed by atoms with van der Waals surface area (Å²) >= 11 is 0. The number of methoxy groups -OCH3 is 1. The fourth-order valence-corrected chi connectivity index (χ4v) is 2.24. The lowest BCUT2D eigenvalue weighted by Gasteiger charge is -2.12. The van der Waals surface area contributed by atoms with E-state index in [9.17, 15) is 26.0 Å². The SMILES string of the molecule is COCCOCCOCCOc1c(F)c(F)c(S(=O)(=O)O)c(F)c1F. The van der Waals surface area contributed by atoms with Crippen LogP contribution in [0.3, 0.4) is 0 Å². The second-order valence-electron chi connectivity index (χ2n) is 4.46. The molecule has 0 spiro atoms. The molecule has 0 aliphatic carbocycles. The molecule has 0 aromatic heterocycles. The Morgan fingerprint density at radius 3 is 1.68 bits per heavy atom. The van der Waals surface area contributed by atoms with E-state index in [-0.39, 0.29) is 19.8 Å². The minimum absolute atomic E-state index is 0.127. The van der Waals surface area contributed by atoms with Crippen molar-refractivity contribution in [1.82, 2.24) is 0 Å². The zero-order chi connectivity index (χ0) is 19.0. The highest BCUT2D eigenvalue weighted by Crippen LogP contribution is 2.32. The molecule has 0 fully saturated rings. The van der Waals surface area contributed by atoms with Crippen molar-refractivity contribution in [3.05, 3.63) is 23.3 Å². The van der Waals surface area contributed by atoms with Crippen LogP contribution >= 0.6 is 0 Å². The van der Waals surface area contributed by atoms with E-state index >= 15 is 0 Å². The van der Waals surface area contributed by atoms with Gasteiger partial charge in [0.15, 0.2) is 22.3 Å². The normalized spacial score (nSPS) is 11.8. The molecule has 144 valence electrons. The van der Waals surface area contributed by atoms with E-state index < -0.39 is 50.6 Å². The molecule has 7 nitrogen and oxygen atoms in total. The minimum atomic E-state index is -5.50. The lowest BCUT2D eigenvalue weighted by atomic mass is 10.3. The summed E-state index contributed by atoms with van der Waals surface area (Å²) in [5, 5.41) is 0. The number of halogens is 4. The molecule has 0 unspecified atom stereocenters. The van der Waals surface area contributed by atoms with Gasteiger partial charge in [-0.05, 0) is 0 Å². The molecule has 1 N–H and O–H groups in total. The Balaban J connectivity index is 2.61. The van der Waals surface area contributed by atoms with Gasteiger partial charge in [0.05, 0.1) is 33.0 Å². The van der Waals surface area contributed by atoms with Crippen LogP contribution in [0.5, 0.6) is 5.75 Å². The van der Waals surface area contributed by atoms with Gasteiger partial charge in [-0.2, -0.15) is 17.2 Å². The van der Waals surface area contributed by atoms with E-state index in [0.29, 0.717) is 13.2 Å². The second kappa shape index (κ2) is 9.87. The Morgan fingerprint density at radius 2 is 1.24 bits per heavy atom. The zero-order valence-electron chi connectivity index (χ0n) is 13.1. The van der Waals surface area contributed by atoms with Gasteiger partial charge < -0.3 is 18.9 Å². The first kappa shape index (κ1) is 21.6. The monoisotopic (exact) mass is 392 g/mol. The van der Waals surface area contributed by atoms with E-state index in [2.05, 4.69) is 4.74 Å². The molecule has 0 saturated carbocycles. The minimum Gasteiger partial charge on any atom is -0.485 e. The summed E-state index contributed by atoms with van der Waals surface area (Å²) in [5.74, 6) is -10.2. The van der Waals surface area contributed by atoms with Gasteiger partial charge in [0, 0.05) is 7.11 Å². The van der Waals surface area contributed by atoms with Crippen molar-refractivity contribution < 1.29 is 49.5 Å². The topological polar surface area (TPSA) is 91.3 Å². The van der Waals surface area contributed by atoms with Gasteiger partial charge in [-0.1, -0.05) is 0 Å². The molecule has 0 amide bonds. The number of hydrogen-bond acceptors (Lipinski definition) is 6. The predicted octanol–water partition coefficient (Wildman–Crippen LogP) is 1.55. The molecule has 0 radical (unpaired) electrons. The van der Waals surface area contributed by atoms with Gasteiger partial charge in [0.25, 0.3) is 0 Å². The van der Waals surface area contributed by atoms with E-state index in [4.69, 9.17) is 18.8 Å². The Bertz CT molecular complexity index is 652. The van der Waals surface area contributed by atoms with Gasteiger partial charge in [0.1, 0.15) is 6.61 Å². The summed E-state index contributed by atoms with van der Waals surface area (Å²) < 4.78 is 104. The van der Waals surface area contributed by atoms with Crippen molar-refractivity contribution >= 4 is 10.1 Å². The third-order valence-electron chi connectivity index (χ3n) is 2.72. The first-order valence-electron chi connectivity index (χ1n) is 6.82. The fraction of sp³-hybridized carbons (Fsp3) is 0.538. The lowest BCUT2D eigenvalue weighted by Crippen LogP contribution is -2.15. The van der Waals surface area contributed by atoms with Crippen molar-refractivity contribution in [2.75, 3.05) is 46.8 Å². The van der Waals surface area contributed by atoms with Crippen LogP contribution < -0.4 is 4.74 Å². The van der Waals surface area contributed by atoms with Crippen LogP contribution in [-0.2, 0) is 24.3 Å². The third-order valence-corrected chi connectivity index (χ3v) is 3.59. The lowest BCUT2D eigenvalue weighted by molar-refractivity contribution is 0.0173. The van der Waals surface area contributed by atoms with Crippen molar-refractivity contribution in [2.24, 2.45) is 0 Å². The van der Waals surface area contributed by atoms with Crippen LogP contribution in [0.2, 0.25) is 0 Å². The number of hydrogen-bond donors (Lipinski definition) is 1. The number of ether oxygens (including phenoxy) is 4. The van der Waals surface area contributed by atoms with Crippen molar-refractivity contribution in [1.29, 1.82) is 0 Å². The maximum absolute atomic E-state index is 13.6. The highest BCUT2D eigenvalue weighted by Gasteiger charge is 2.33. The Morgan fingerprint density at radius 1 is 0.800 bits per heavy atom. The van der Waals surface area contributed by atoms with Crippen LogP contribution in [-0.4, -0.2) is 59.7 Å². The largest absolute Gasteiger partial charge is 0.485 e. The molecule has 0 heterocycles. The molecular formula is C13H16F4O7S. The van der Waals surface area contributed by atoms with Crippen molar-refractivity contribution in [3.8, 4) is 5.75 Å². The van der Waals surface area contributed by atoms with Crippen LogP contribution in [0, 0.1) is 23.3 Å². The molecule has 1 rings (SSSR count). The van der Waals surface area contributed by atoms with E-state index in [1.165, 1.54) is 7.11 Å². The highest BCUT2D eigenvalue weighted by atomic mass is 32.2. The molecule has 1 aromatic carbocycles. The van der Waals surface area contributed by atoms with Gasteiger partial charge >= 0.3 is 10.1 Å². The first-order valence-corrected chi connectivity index (χ1v) is 8.26. The molecule has 25 heavy (non-hydrogen) atoms. The maximum atomic E-state index is 13.6. The molecule has 0 bridgehead atoms. The molecule has 1 aromatic rings. The van der Waals surface area contributed by atoms with E-state index in [0.717, 1.165) is 0 Å². The second-order valence-corrected chi connectivity index (χ2v) is 5.81. The van der Waals surface area contributed by atoms with Crippen LogP contribution in [0.1, 0.15) is 0 Å². The highest BCUT2D eigenvalue weighted by molar-refractivity contribution is 7.85. The Labute approximate surface area is 141 Å². The van der Waals surface area contributed by atoms with Gasteiger partial charge in [-0.3, -0.25) is 4.55 Å². The average Bonchev–Trinajstić information content (AvgIpc) is 2.53. The van der Waals surface area contributed by atoms with Gasteiger partial charge in [-0.25, -0.2) is 8.78 Å². The maximum Gasteiger partial charge on any atom is 0.300 e. The van der Waals surface area contributed by atoms with Gasteiger partial charge in [-0.15, -0.1) is 0 Å². The molecular weight excluding hydrogens is 376 g/mol. The Kier molecular flexibility index (Phi) is 8.52. The molecule has 12 heteroatoms. The van der Waals surface area contributed by atoms with Crippen molar-refractivity contribution in [2.45, 2.75) is 4.90 Å². The van der Waals surface area contributed by atoms with Crippen LogP contribution in [0.15, 0.2) is 4.90 Å².